The first-order valence-corrected chi connectivity index (χ1v) is 8.89. The van der Waals surface area contributed by atoms with Crippen LogP contribution in [0.2, 0.25) is 0 Å². The summed E-state index contributed by atoms with van der Waals surface area (Å²) in [5, 5.41) is 3.20. The van der Waals surface area contributed by atoms with Crippen molar-refractivity contribution in [2.75, 3.05) is 22.5 Å². The highest BCUT2D eigenvalue weighted by Crippen LogP contribution is 2.33. The van der Waals surface area contributed by atoms with E-state index in [1.807, 2.05) is 30.3 Å². The number of fused-ring (bicyclic) bond motifs is 1. The molecule has 1 aromatic heterocycles. The van der Waals surface area contributed by atoms with Crippen molar-refractivity contribution in [3.63, 3.8) is 0 Å². The first-order valence-electron chi connectivity index (χ1n) is 8.89. The molecule has 0 bridgehead atoms. The molecule has 26 heavy (non-hydrogen) atoms. The van der Waals surface area contributed by atoms with Gasteiger partial charge < -0.3 is 16.0 Å². The number of hydrogen-bond acceptors (Lipinski definition) is 6. The molecule has 4 rings (SSSR count). The number of benzene rings is 2. The van der Waals surface area contributed by atoms with Crippen LogP contribution in [0.1, 0.15) is 30.8 Å². The molecule has 1 aliphatic heterocycles. The molecule has 0 saturated carbocycles. The fourth-order valence-electron chi connectivity index (χ4n) is 3.41. The summed E-state index contributed by atoms with van der Waals surface area (Å²) in [7, 11) is 0. The highest BCUT2D eigenvalue weighted by Gasteiger charge is 2.24. The van der Waals surface area contributed by atoms with Crippen LogP contribution in [0.15, 0.2) is 54.6 Å². The average Bonchev–Trinajstić information content (AvgIpc) is 2.67. The van der Waals surface area contributed by atoms with Gasteiger partial charge in [0, 0.05) is 17.9 Å². The van der Waals surface area contributed by atoms with E-state index in [9.17, 15) is 0 Å². The van der Waals surface area contributed by atoms with Gasteiger partial charge in [0.25, 0.3) is 0 Å². The molecule has 132 valence electrons. The lowest BCUT2D eigenvalue weighted by Gasteiger charge is -2.35. The zero-order valence-electron chi connectivity index (χ0n) is 14.8. The van der Waals surface area contributed by atoms with E-state index in [-0.39, 0.29) is 12.0 Å². The van der Waals surface area contributed by atoms with E-state index < -0.39 is 0 Å². The van der Waals surface area contributed by atoms with Crippen molar-refractivity contribution in [2.45, 2.75) is 25.8 Å². The van der Waals surface area contributed by atoms with Gasteiger partial charge in [0.1, 0.15) is 0 Å². The summed E-state index contributed by atoms with van der Waals surface area (Å²) in [4.78, 5) is 15.6. The number of hydrogen-bond donors (Lipinski definition) is 2. The number of aromatic nitrogens is 3. The molecule has 0 fully saturated rings. The van der Waals surface area contributed by atoms with Gasteiger partial charge >= 0.3 is 0 Å². The molecule has 0 spiro atoms. The number of aryl methyl sites for hydroxylation is 1. The van der Waals surface area contributed by atoms with E-state index >= 15 is 0 Å². The molecular weight excluding hydrogens is 324 g/mol. The zero-order valence-corrected chi connectivity index (χ0v) is 14.8. The number of anilines is 4. The van der Waals surface area contributed by atoms with E-state index in [4.69, 9.17) is 5.73 Å². The summed E-state index contributed by atoms with van der Waals surface area (Å²) in [6, 6.07) is 18.4. The van der Waals surface area contributed by atoms with Gasteiger partial charge in [0.15, 0.2) is 5.82 Å². The topological polar surface area (TPSA) is 80.0 Å². The Kier molecular flexibility index (Phi) is 4.39. The molecule has 1 unspecified atom stereocenters. The summed E-state index contributed by atoms with van der Waals surface area (Å²) in [5.74, 6) is 1.37. The fourth-order valence-corrected chi connectivity index (χ4v) is 3.41. The molecule has 6 nitrogen and oxygen atoms in total. The van der Waals surface area contributed by atoms with Crippen LogP contribution in [-0.2, 0) is 6.42 Å². The van der Waals surface area contributed by atoms with Crippen molar-refractivity contribution >= 4 is 23.3 Å². The standard InChI is InChI=1S/C20H22N6/c1-14(26-13-7-9-15-8-5-6-12-17(15)26)18-23-19(21)25-20(24-18)22-16-10-3-2-4-11-16/h2-6,8,10-12,14H,7,9,13H2,1H3,(H3,21,22,23,24,25). The largest absolute Gasteiger partial charge is 0.368 e. The minimum Gasteiger partial charge on any atom is -0.368 e. The van der Waals surface area contributed by atoms with E-state index in [1.165, 1.54) is 11.3 Å². The molecule has 6 heteroatoms. The van der Waals surface area contributed by atoms with Gasteiger partial charge in [-0.05, 0) is 43.5 Å². The molecule has 0 saturated heterocycles. The number of rotatable bonds is 4. The van der Waals surface area contributed by atoms with Crippen molar-refractivity contribution in [3.8, 4) is 0 Å². The first kappa shape index (κ1) is 16.3. The molecule has 2 heterocycles. The van der Waals surface area contributed by atoms with Gasteiger partial charge in [-0.2, -0.15) is 15.0 Å². The molecule has 3 N–H and O–H groups in total. The molecule has 1 aliphatic rings. The van der Waals surface area contributed by atoms with E-state index in [1.54, 1.807) is 0 Å². The van der Waals surface area contributed by atoms with Crippen molar-refractivity contribution in [2.24, 2.45) is 0 Å². The van der Waals surface area contributed by atoms with Gasteiger partial charge in [-0.25, -0.2) is 0 Å². The summed E-state index contributed by atoms with van der Waals surface area (Å²) in [6.07, 6.45) is 2.23. The second kappa shape index (κ2) is 7.00. The van der Waals surface area contributed by atoms with Crippen LogP contribution in [0.3, 0.4) is 0 Å². The van der Waals surface area contributed by atoms with Gasteiger partial charge in [-0.1, -0.05) is 36.4 Å². The Balaban J connectivity index is 1.63. The SMILES string of the molecule is CC(c1nc(N)nc(Nc2ccccc2)n1)N1CCCc2ccccc21. The van der Waals surface area contributed by atoms with Gasteiger partial charge in [0.05, 0.1) is 6.04 Å². The summed E-state index contributed by atoms with van der Waals surface area (Å²) in [6.45, 7) is 3.09. The summed E-state index contributed by atoms with van der Waals surface area (Å²) < 4.78 is 0. The molecule has 0 amide bonds. The second-order valence-electron chi connectivity index (χ2n) is 6.47. The number of nitrogens with zero attached hydrogens (tertiary/aromatic N) is 4. The van der Waals surface area contributed by atoms with Gasteiger partial charge in [0.2, 0.25) is 11.9 Å². The van der Waals surface area contributed by atoms with Crippen LogP contribution in [0.25, 0.3) is 0 Å². The molecule has 0 radical (unpaired) electrons. The lowest BCUT2D eigenvalue weighted by atomic mass is 10.00. The lowest BCUT2D eigenvalue weighted by molar-refractivity contribution is 0.590. The lowest BCUT2D eigenvalue weighted by Crippen LogP contribution is -2.33. The Labute approximate surface area is 153 Å². The van der Waals surface area contributed by atoms with E-state index in [2.05, 4.69) is 56.4 Å². The van der Waals surface area contributed by atoms with Gasteiger partial charge in [-0.3, -0.25) is 0 Å². The summed E-state index contributed by atoms with van der Waals surface area (Å²) in [5.41, 5.74) is 9.49. The Hall–Kier alpha value is -3.15. The Morgan fingerprint density at radius 1 is 1.00 bits per heavy atom. The second-order valence-corrected chi connectivity index (χ2v) is 6.47. The Morgan fingerprint density at radius 3 is 2.62 bits per heavy atom. The molecular formula is C20H22N6. The molecule has 0 aliphatic carbocycles. The normalized spacial score (nSPS) is 14.6. The Morgan fingerprint density at radius 2 is 1.77 bits per heavy atom. The van der Waals surface area contributed by atoms with Crippen LogP contribution in [0.4, 0.5) is 23.3 Å². The van der Waals surface area contributed by atoms with Crippen LogP contribution in [0.5, 0.6) is 0 Å². The maximum absolute atomic E-state index is 5.95. The zero-order chi connectivity index (χ0) is 17.9. The Bertz CT molecular complexity index is 896. The van der Waals surface area contributed by atoms with Crippen molar-refractivity contribution < 1.29 is 0 Å². The average molecular weight is 346 g/mol. The number of nitrogens with two attached hydrogens (primary N) is 1. The van der Waals surface area contributed by atoms with Gasteiger partial charge in [-0.15, -0.1) is 0 Å². The highest BCUT2D eigenvalue weighted by molar-refractivity contribution is 5.57. The van der Waals surface area contributed by atoms with Crippen molar-refractivity contribution in [1.82, 2.24) is 15.0 Å². The predicted molar refractivity (Wildman–Crippen MR) is 104 cm³/mol. The van der Waals surface area contributed by atoms with E-state index in [0.29, 0.717) is 11.8 Å². The third-order valence-corrected chi connectivity index (χ3v) is 4.69. The number of nitrogens with one attached hydrogen (secondary N) is 1. The van der Waals surface area contributed by atoms with Crippen molar-refractivity contribution in [1.29, 1.82) is 0 Å². The van der Waals surface area contributed by atoms with Crippen LogP contribution in [-0.4, -0.2) is 21.5 Å². The maximum atomic E-state index is 5.95. The molecule has 1 atom stereocenters. The van der Waals surface area contributed by atoms with Crippen LogP contribution in [0, 0.1) is 0 Å². The molecule has 3 aromatic rings. The minimum absolute atomic E-state index is 0.0121. The highest BCUT2D eigenvalue weighted by atomic mass is 15.2. The predicted octanol–water partition coefficient (Wildman–Crippen LogP) is 3.71. The van der Waals surface area contributed by atoms with Crippen LogP contribution >= 0.6 is 0 Å². The van der Waals surface area contributed by atoms with Crippen LogP contribution < -0.4 is 16.0 Å². The smallest absolute Gasteiger partial charge is 0.232 e. The van der Waals surface area contributed by atoms with Crippen molar-refractivity contribution in [3.05, 3.63) is 66.0 Å². The quantitative estimate of drug-likeness (QED) is 0.749. The monoisotopic (exact) mass is 346 g/mol. The maximum Gasteiger partial charge on any atom is 0.232 e. The minimum atomic E-state index is 0.0121. The number of nitrogen functional groups attached to an aromatic ring is 1. The molecule has 2 aromatic carbocycles. The third-order valence-electron chi connectivity index (χ3n) is 4.69. The first-order chi connectivity index (χ1) is 12.7. The third kappa shape index (κ3) is 3.31. The number of para-hydroxylation sites is 2. The summed E-state index contributed by atoms with van der Waals surface area (Å²) >= 11 is 0. The fraction of sp³-hybridized carbons (Fsp3) is 0.250. The van der Waals surface area contributed by atoms with E-state index in [0.717, 1.165) is 25.1 Å².